The number of nitrogens with zero attached hydrogens (tertiary/aromatic N) is 3. The van der Waals surface area contributed by atoms with Gasteiger partial charge in [-0.2, -0.15) is 5.10 Å². The van der Waals surface area contributed by atoms with Gasteiger partial charge in [0.15, 0.2) is 0 Å². The van der Waals surface area contributed by atoms with Gasteiger partial charge in [-0.1, -0.05) is 0 Å². The molecule has 23 heavy (non-hydrogen) atoms. The average molecular weight is 315 g/mol. The van der Waals surface area contributed by atoms with E-state index in [1.54, 1.807) is 6.20 Å². The Kier molecular flexibility index (Phi) is 5.38. The highest BCUT2D eigenvalue weighted by molar-refractivity contribution is 5.61. The number of rotatable bonds is 6. The van der Waals surface area contributed by atoms with Crippen LogP contribution in [0.3, 0.4) is 0 Å². The van der Waals surface area contributed by atoms with Crippen molar-refractivity contribution in [3.8, 4) is 11.3 Å². The van der Waals surface area contributed by atoms with E-state index in [1.807, 2.05) is 24.5 Å². The van der Waals surface area contributed by atoms with Crippen LogP contribution in [-0.2, 0) is 11.3 Å². The first kappa shape index (κ1) is 16.1. The molecule has 0 saturated carbocycles. The number of morpholine rings is 1. The molecule has 1 fully saturated rings. The van der Waals surface area contributed by atoms with Gasteiger partial charge in [0.1, 0.15) is 0 Å². The molecule has 3 rings (SSSR count). The maximum absolute atomic E-state index is 5.77. The second kappa shape index (κ2) is 7.68. The zero-order valence-electron chi connectivity index (χ0n) is 13.8. The quantitative estimate of drug-likeness (QED) is 0.794. The fourth-order valence-corrected chi connectivity index (χ4v) is 3.13. The molecule has 124 valence electrons. The van der Waals surface area contributed by atoms with Gasteiger partial charge >= 0.3 is 0 Å². The second-order valence-electron chi connectivity index (χ2n) is 6.21. The van der Waals surface area contributed by atoms with Crippen molar-refractivity contribution in [2.24, 2.45) is 0 Å². The summed E-state index contributed by atoms with van der Waals surface area (Å²) in [4.78, 5) is 6.63. The Morgan fingerprint density at radius 3 is 2.87 bits per heavy atom. The normalized spacial score (nSPS) is 22.3. The van der Waals surface area contributed by atoms with Crippen LogP contribution in [0.25, 0.3) is 11.3 Å². The van der Waals surface area contributed by atoms with Crippen LogP contribution in [-0.4, -0.2) is 58.5 Å². The zero-order chi connectivity index (χ0) is 16.1. The molecule has 0 amide bonds. The van der Waals surface area contributed by atoms with Crippen LogP contribution in [0.15, 0.2) is 30.7 Å². The molecule has 2 atom stereocenters. The Bertz CT molecular complexity index is 590. The Morgan fingerprint density at radius 1 is 1.30 bits per heavy atom. The summed E-state index contributed by atoms with van der Waals surface area (Å²) in [5.74, 6) is 0. The molecular weight excluding hydrogens is 290 g/mol. The monoisotopic (exact) mass is 315 g/mol. The number of hydrogen-bond acceptors (Lipinski definition) is 5. The fourth-order valence-electron chi connectivity index (χ4n) is 3.13. The predicted octanol–water partition coefficient (Wildman–Crippen LogP) is 1.67. The summed E-state index contributed by atoms with van der Waals surface area (Å²) in [5, 5.41) is 10.7. The Balaban J connectivity index is 1.47. The lowest BCUT2D eigenvalue weighted by atomic mass is 10.1. The summed E-state index contributed by atoms with van der Waals surface area (Å²) in [6.45, 7) is 9.10. The maximum Gasteiger partial charge on any atom is 0.0710 e. The number of nitrogens with one attached hydrogen (secondary N) is 2. The molecule has 2 N–H and O–H groups in total. The molecule has 2 aromatic heterocycles. The molecule has 3 heterocycles. The van der Waals surface area contributed by atoms with Crippen LogP contribution >= 0.6 is 0 Å². The van der Waals surface area contributed by atoms with Gasteiger partial charge in [-0.3, -0.25) is 15.0 Å². The number of ether oxygens (including phenoxy) is 1. The average Bonchev–Trinajstić information content (AvgIpc) is 3.00. The highest BCUT2D eigenvalue weighted by Gasteiger charge is 2.21. The molecule has 1 aliphatic heterocycles. The lowest BCUT2D eigenvalue weighted by Gasteiger charge is -2.35. The highest BCUT2D eigenvalue weighted by atomic mass is 16.5. The molecule has 0 aromatic carbocycles. The van der Waals surface area contributed by atoms with E-state index < -0.39 is 0 Å². The van der Waals surface area contributed by atoms with Crippen LogP contribution in [0, 0.1) is 0 Å². The molecule has 2 unspecified atom stereocenters. The molecule has 1 saturated heterocycles. The third-order valence-electron chi connectivity index (χ3n) is 4.08. The van der Waals surface area contributed by atoms with Gasteiger partial charge in [-0.05, 0) is 26.0 Å². The van der Waals surface area contributed by atoms with E-state index in [1.165, 1.54) is 5.56 Å². The molecule has 6 heteroatoms. The smallest absolute Gasteiger partial charge is 0.0710 e. The van der Waals surface area contributed by atoms with Crippen molar-refractivity contribution in [2.45, 2.75) is 32.6 Å². The van der Waals surface area contributed by atoms with E-state index in [9.17, 15) is 0 Å². The molecule has 0 radical (unpaired) electrons. The standard InChI is InChI=1S/C17H25N5O/c1-13-11-22(12-14(2)23-13)7-6-19-9-16-10-20-21-17(16)15-4-3-5-18-8-15/h3-5,8,10,13-14,19H,6-7,9,11-12H2,1-2H3,(H,20,21). The zero-order valence-corrected chi connectivity index (χ0v) is 13.8. The topological polar surface area (TPSA) is 66.1 Å². The summed E-state index contributed by atoms with van der Waals surface area (Å²) >= 11 is 0. The van der Waals surface area contributed by atoms with E-state index in [0.717, 1.165) is 44.0 Å². The van der Waals surface area contributed by atoms with Crippen molar-refractivity contribution < 1.29 is 4.74 Å². The van der Waals surface area contributed by atoms with E-state index in [-0.39, 0.29) is 0 Å². The van der Waals surface area contributed by atoms with E-state index in [0.29, 0.717) is 12.2 Å². The Labute approximate surface area is 137 Å². The molecule has 6 nitrogen and oxygen atoms in total. The van der Waals surface area contributed by atoms with Crippen LogP contribution in [0.4, 0.5) is 0 Å². The molecule has 0 aliphatic carbocycles. The minimum absolute atomic E-state index is 0.324. The van der Waals surface area contributed by atoms with Crippen molar-refractivity contribution in [1.82, 2.24) is 25.4 Å². The van der Waals surface area contributed by atoms with Gasteiger partial charge in [0.2, 0.25) is 0 Å². The number of aromatic amines is 1. The minimum Gasteiger partial charge on any atom is -0.373 e. The van der Waals surface area contributed by atoms with Crippen LogP contribution in [0.2, 0.25) is 0 Å². The van der Waals surface area contributed by atoms with Crippen molar-refractivity contribution in [2.75, 3.05) is 26.2 Å². The largest absolute Gasteiger partial charge is 0.373 e. The van der Waals surface area contributed by atoms with Crippen molar-refractivity contribution in [3.63, 3.8) is 0 Å². The van der Waals surface area contributed by atoms with Crippen LogP contribution in [0.1, 0.15) is 19.4 Å². The molecule has 1 aliphatic rings. The van der Waals surface area contributed by atoms with E-state index in [4.69, 9.17) is 4.74 Å². The van der Waals surface area contributed by atoms with Crippen molar-refractivity contribution >= 4 is 0 Å². The number of aromatic nitrogens is 3. The lowest BCUT2D eigenvalue weighted by Crippen LogP contribution is -2.47. The van der Waals surface area contributed by atoms with Crippen molar-refractivity contribution in [3.05, 3.63) is 36.3 Å². The Hall–Kier alpha value is -1.76. The highest BCUT2D eigenvalue weighted by Crippen LogP contribution is 2.19. The summed E-state index contributed by atoms with van der Waals surface area (Å²) < 4.78 is 5.77. The number of pyridine rings is 1. The number of H-pyrrole nitrogens is 1. The number of hydrogen-bond donors (Lipinski definition) is 2. The van der Waals surface area contributed by atoms with Gasteiger partial charge in [-0.25, -0.2) is 0 Å². The fraction of sp³-hybridized carbons (Fsp3) is 0.529. The third kappa shape index (κ3) is 4.37. The first-order valence-electron chi connectivity index (χ1n) is 8.23. The lowest BCUT2D eigenvalue weighted by molar-refractivity contribution is -0.0674. The molecule has 0 spiro atoms. The first-order valence-corrected chi connectivity index (χ1v) is 8.23. The van der Waals surface area contributed by atoms with Gasteiger partial charge in [0.25, 0.3) is 0 Å². The molecule has 2 aromatic rings. The summed E-state index contributed by atoms with van der Waals surface area (Å²) in [7, 11) is 0. The maximum atomic E-state index is 5.77. The summed E-state index contributed by atoms with van der Waals surface area (Å²) in [6, 6.07) is 3.98. The van der Waals surface area contributed by atoms with Gasteiger partial charge in [0, 0.05) is 56.2 Å². The minimum atomic E-state index is 0.324. The SMILES string of the molecule is CC1CN(CCNCc2cn[nH]c2-c2cccnc2)CC(C)O1. The Morgan fingerprint density at radius 2 is 2.13 bits per heavy atom. The predicted molar refractivity (Wildman–Crippen MR) is 90.0 cm³/mol. The molecular formula is C17H25N5O. The van der Waals surface area contributed by atoms with E-state index >= 15 is 0 Å². The van der Waals surface area contributed by atoms with Gasteiger partial charge in [0.05, 0.1) is 24.1 Å². The molecule has 0 bridgehead atoms. The third-order valence-corrected chi connectivity index (χ3v) is 4.08. The van der Waals surface area contributed by atoms with Crippen LogP contribution in [0.5, 0.6) is 0 Å². The van der Waals surface area contributed by atoms with Crippen LogP contribution < -0.4 is 5.32 Å². The first-order chi connectivity index (χ1) is 11.2. The summed E-state index contributed by atoms with van der Waals surface area (Å²) in [6.07, 6.45) is 6.17. The second-order valence-corrected chi connectivity index (χ2v) is 6.21. The van der Waals surface area contributed by atoms with Gasteiger partial charge in [-0.15, -0.1) is 0 Å². The summed E-state index contributed by atoms with van der Waals surface area (Å²) in [5.41, 5.74) is 3.28. The van der Waals surface area contributed by atoms with E-state index in [2.05, 4.69) is 39.2 Å². The van der Waals surface area contributed by atoms with Crippen molar-refractivity contribution in [1.29, 1.82) is 0 Å². The van der Waals surface area contributed by atoms with Gasteiger partial charge < -0.3 is 10.1 Å².